The summed E-state index contributed by atoms with van der Waals surface area (Å²) in [5.74, 6) is 2.77. The quantitative estimate of drug-likeness (QED) is 0.258. The first-order valence-corrected chi connectivity index (χ1v) is 18.6. The van der Waals surface area contributed by atoms with Gasteiger partial charge in [-0.1, -0.05) is 105 Å². The molecule has 0 spiro atoms. The number of aryl methyl sites for hydroxylation is 2. The minimum absolute atomic E-state index is 0. The van der Waals surface area contributed by atoms with Gasteiger partial charge in [0.15, 0.2) is 0 Å². The van der Waals surface area contributed by atoms with Crippen molar-refractivity contribution in [2.45, 2.75) is 142 Å². The van der Waals surface area contributed by atoms with Gasteiger partial charge in [-0.15, -0.1) is 17.0 Å². The van der Waals surface area contributed by atoms with Crippen LogP contribution in [0, 0.1) is 22.7 Å². The Morgan fingerprint density at radius 1 is 0.622 bits per heavy atom. The van der Waals surface area contributed by atoms with Crippen molar-refractivity contribution in [3.05, 3.63) is 69.8 Å². The number of hydrogen-bond acceptors (Lipinski definition) is 2. The van der Waals surface area contributed by atoms with Crippen LogP contribution in [0.1, 0.15) is 152 Å². The van der Waals surface area contributed by atoms with Gasteiger partial charge in [0.25, 0.3) is 0 Å². The molecule has 2 N–H and O–H groups in total. The second-order valence-electron chi connectivity index (χ2n) is 17.5. The lowest BCUT2D eigenvalue weighted by Crippen LogP contribution is -2.54. The Balaban J connectivity index is 0.00000400. The summed E-state index contributed by atoms with van der Waals surface area (Å²) in [6, 6.07) is 15.0. The Hall–Kier alpha value is -1.16. The molecule has 2 aromatic carbocycles. The lowest BCUT2D eigenvalue weighted by atomic mass is 9.49. The van der Waals surface area contributed by atoms with E-state index in [0.717, 1.165) is 38.0 Å². The van der Waals surface area contributed by atoms with Crippen molar-refractivity contribution in [3.8, 4) is 0 Å². The molecule has 0 radical (unpaired) electrons. The molecule has 2 saturated carbocycles. The average Bonchev–Trinajstić information content (AvgIpc) is 2.98. The first-order valence-electron chi connectivity index (χ1n) is 18.6. The fraction of sp³-hybridized carbons (Fsp3) is 0.714. The number of rotatable bonds is 9. The molecule has 0 heterocycles. The van der Waals surface area contributed by atoms with E-state index in [4.69, 9.17) is 0 Å². The molecule has 0 aromatic heterocycles. The standard InChI is InChI=1S/C42H64N2.BrH/c1-29(2)31-11-15-35-33(25-31)13-17-37-39(5,19-9-21-41(35,37)7)27-43-23-24-44-28-40(6)20-10-22-42(8)36-16-12-32(30(3)4)26-34(36)14-18-38(40)42;/h11-12,15-16,25-26,29-30,37-38,43-44H,9-10,13-14,17-24,27-28H2,1-8H3;1H/t37-,38-,39-,40-,41+,42+;/m0./s1. The van der Waals surface area contributed by atoms with E-state index in [1.165, 1.54) is 75.3 Å². The maximum absolute atomic E-state index is 3.97. The van der Waals surface area contributed by atoms with Crippen LogP contribution in [-0.4, -0.2) is 26.2 Å². The maximum Gasteiger partial charge on any atom is 0.00769 e. The maximum atomic E-state index is 3.97. The normalized spacial score (nSPS) is 34.0. The van der Waals surface area contributed by atoms with Crippen LogP contribution in [0.4, 0.5) is 0 Å². The zero-order valence-corrected chi connectivity index (χ0v) is 31.8. The Labute approximate surface area is 287 Å². The molecular formula is C42H65BrN2. The van der Waals surface area contributed by atoms with Gasteiger partial charge in [-0.2, -0.15) is 0 Å². The molecule has 0 unspecified atom stereocenters. The van der Waals surface area contributed by atoms with E-state index < -0.39 is 0 Å². The summed E-state index contributed by atoms with van der Waals surface area (Å²) in [7, 11) is 0. The van der Waals surface area contributed by atoms with E-state index >= 15 is 0 Å². The van der Waals surface area contributed by atoms with E-state index in [0.29, 0.717) is 33.5 Å². The highest BCUT2D eigenvalue weighted by atomic mass is 79.9. The molecule has 6 rings (SSSR count). The van der Waals surface area contributed by atoms with Gasteiger partial charge in [0.05, 0.1) is 0 Å². The van der Waals surface area contributed by atoms with Crippen LogP contribution < -0.4 is 10.6 Å². The van der Waals surface area contributed by atoms with Crippen molar-refractivity contribution in [2.24, 2.45) is 22.7 Å². The van der Waals surface area contributed by atoms with E-state index in [1.54, 1.807) is 22.3 Å². The predicted molar refractivity (Wildman–Crippen MR) is 199 cm³/mol. The van der Waals surface area contributed by atoms with Crippen molar-refractivity contribution in [3.63, 3.8) is 0 Å². The van der Waals surface area contributed by atoms with Crippen LogP contribution in [0.2, 0.25) is 0 Å². The Bertz CT molecular complexity index is 1230. The van der Waals surface area contributed by atoms with E-state index in [2.05, 4.69) is 102 Å². The fourth-order valence-corrected chi connectivity index (χ4v) is 11.4. The highest BCUT2D eigenvalue weighted by Gasteiger charge is 2.52. The van der Waals surface area contributed by atoms with E-state index in [-0.39, 0.29) is 17.0 Å². The monoisotopic (exact) mass is 676 g/mol. The zero-order valence-electron chi connectivity index (χ0n) is 30.1. The highest BCUT2D eigenvalue weighted by Crippen LogP contribution is 2.58. The van der Waals surface area contributed by atoms with Gasteiger partial charge in [0.1, 0.15) is 0 Å². The van der Waals surface area contributed by atoms with Crippen molar-refractivity contribution >= 4 is 17.0 Å². The van der Waals surface area contributed by atoms with Crippen LogP contribution in [0.25, 0.3) is 0 Å². The third-order valence-corrected chi connectivity index (χ3v) is 13.9. The van der Waals surface area contributed by atoms with Crippen LogP contribution in [0.15, 0.2) is 36.4 Å². The van der Waals surface area contributed by atoms with Crippen molar-refractivity contribution < 1.29 is 0 Å². The number of benzene rings is 2. The van der Waals surface area contributed by atoms with Gasteiger partial charge in [0, 0.05) is 26.2 Å². The largest absolute Gasteiger partial charge is 0.315 e. The lowest BCUT2D eigenvalue weighted by molar-refractivity contribution is 0.0234. The predicted octanol–water partition coefficient (Wildman–Crippen LogP) is 10.4. The zero-order chi connectivity index (χ0) is 31.3. The summed E-state index contributed by atoms with van der Waals surface area (Å²) in [4.78, 5) is 0. The van der Waals surface area contributed by atoms with Gasteiger partial charge in [-0.05, 0) is 130 Å². The smallest absolute Gasteiger partial charge is 0.00769 e. The van der Waals surface area contributed by atoms with Gasteiger partial charge in [-0.3, -0.25) is 0 Å². The van der Waals surface area contributed by atoms with Crippen LogP contribution in [0.3, 0.4) is 0 Å². The molecule has 250 valence electrons. The van der Waals surface area contributed by atoms with Gasteiger partial charge in [0.2, 0.25) is 0 Å². The fourth-order valence-electron chi connectivity index (χ4n) is 11.4. The van der Waals surface area contributed by atoms with E-state index in [1.807, 2.05) is 0 Å². The second-order valence-corrected chi connectivity index (χ2v) is 17.5. The molecule has 3 heteroatoms. The summed E-state index contributed by atoms with van der Waals surface area (Å²) in [6.07, 6.45) is 13.4. The third kappa shape index (κ3) is 6.38. The van der Waals surface area contributed by atoms with Gasteiger partial charge < -0.3 is 10.6 Å². The van der Waals surface area contributed by atoms with Gasteiger partial charge >= 0.3 is 0 Å². The topological polar surface area (TPSA) is 24.1 Å². The van der Waals surface area contributed by atoms with E-state index in [9.17, 15) is 0 Å². The molecular weight excluding hydrogens is 612 g/mol. The first-order chi connectivity index (χ1) is 20.9. The van der Waals surface area contributed by atoms with Gasteiger partial charge in [-0.25, -0.2) is 0 Å². The molecule has 0 bridgehead atoms. The molecule has 2 nitrogen and oxygen atoms in total. The van der Waals surface area contributed by atoms with Crippen LogP contribution in [0.5, 0.6) is 0 Å². The summed E-state index contributed by atoms with van der Waals surface area (Å²) >= 11 is 0. The summed E-state index contributed by atoms with van der Waals surface area (Å²) < 4.78 is 0. The SMILES string of the molecule is Br.CC(C)c1ccc2c(c1)CC[C@H]1[C@](C)(CNCCNC[C@]3(C)CCC[C@]4(C)c5ccc(C(C)C)cc5CC[C@@H]34)CCC[C@]21C. The minimum Gasteiger partial charge on any atom is -0.315 e. The third-order valence-electron chi connectivity index (χ3n) is 13.9. The first kappa shape index (κ1) is 35.2. The average molecular weight is 678 g/mol. The number of halogens is 1. The molecule has 2 aromatic rings. The van der Waals surface area contributed by atoms with Crippen molar-refractivity contribution in [1.29, 1.82) is 0 Å². The summed E-state index contributed by atoms with van der Waals surface area (Å²) in [6.45, 7) is 24.2. The molecule has 4 aliphatic carbocycles. The second kappa shape index (κ2) is 13.4. The van der Waals surface area contributed by atoms with Crippen molar-refractivity contribution in [1.82, 2.24) is 10.6 Å². The lowest BCUT2D eigenvalue weighted by Gasteiger charge is -2.56. The Morgan fingerprint density at radius 3 is 1.40 bits per heavy atom. The number of nitrogens with one attached hydrogen (secondary N) is 2. The molecule has 0 aliphatic heterocycles. The van der Waals surface area contributed by atoms with Crippen molar-refractivity contribution in [2.75, 3.05) is 26.2 Å². The Morgan fingerprint density at radius 2 is 1.02 bits per heavy atom. The van der Waals surface area contributed by atoms with Crippen LogP contribution in [-0.2, 0) is 23.7 Å². The number of hydrogen-bond donors (Lipinski definition) is 2. The summed E-state index contributed by atoms with van der Waals surface area (Å²) in [5.41, 5.74) is 11.1. The molecule has 6 atom stereocenters. The number of fused-ring (bicyclic) bond motifs is 6. The van der Waals surface area contributed by atoms with Crippen LogP contribution >= 0.6 is 17.0 Å². The highest BCUT2D eigenvalue weighted by molar-refractivity contribution is 8.93. The molecule has 0 amide bonds. The molecule has 45 heavy (non-hydrogen) atoms. The molecule has 0 saturated heterocycles. The summed E-state index contributed by atoms with van der Waals surface area (Å²) in [5, 5.41) is 7.95. The Kier molecular flexibility index (Phi) is 10.5. The molecule has 4 aliphatic rings. The minimum atomic E-state index is 0. The molecule has 2 fully saturated rings.